The van der Waals surface area contributed by atoms with Crippen LogP contribution >= 0.6 is 15.9 Å². The van der Waals surface area contributed by atoms with Crippen LogP contribution in [0, 0.1) is 12.7 Å². The molecule has 0 saturated carbocycles. The molecule has 1 rings (SSSR count). The molecule has 0 saturated heterocycles. The predicted octanol–water partition coefficient (Wildman–Crippen LogP) is 2.47. The molecule has 1 nitrogen and oxygen atoms in total. The first-order chi connectivity index (χ1) is 5.24. The van der Waals surface area contributed by atoms with Crippen molar-refractivity contribution in [2.45, 2.75) is 13.3 Å². The highest BCUT2D eigenvalue weighted by Gasteiger charge is 1.98. The Hall–Kier alpha value is -0.440. The van der Waals surface area contributed by atoms with E-state index in [4.69, 9.17) is 0 Å². The summed E-state index contributed by atoms with van der Waals surface area (Å²) in [7, 11) is 0. The molecule has 0 aliphatic rings. The van der Waals surface area contributed by atoms with E-state index in [1.54, 1.807) is 13.0 Å². The van der Waals surface area contributed by atoms with Crippen LogP contribution in [0.1, 0.15) is 11.4 Å². The van der Waals surface area contributed by atoms with Crippen LogP contribution in [0.3, 0.4) is 0 Å². The zero-order chi connectivity index (χ0) is 8.27. The second-order valence-electron chi connectivity index (χ2n) is 2.31. The zero-order valence-electron chi connectivity index (χ0n) is 6.27. The number of alkyl halides is 1. The summed E-state index contributed by atoms with van der Waals surface area (Å²) in [6.45, 7) is 1.67. The molecule has 60 valence electrons. The maximum atomic E-state index is 12.7. The van der Waals surface area contributed by atoms with Crippen molar-refractivity contribution in [1.82, 2.24) is 4.98 Å². The van der Waals surface area contributed by atoms with Crippen LogP contribution in [0.5, 0.6) is 0 Å². The third-order valence-electron chi connectivity index (χ3n) is 1.43. The van der Waals surface area contributed by atoms with Gasteiger partial charge in [-0.15, -0.1) is 0 Å². The average molecular weight is 218 g/mol. The summed E-state index contributed by atoms with van der Waals surface area (Å²) in [4.78, 5) is 4.06. The lowest BCUT2D eigenvalue weighted by atomic mass is 10.2. The summed E-state index contributed by atoms with van der Waals surface area (Å²) in [6, 6.07) is 3.17. The molecule has 0 fully saturated rings. The lowest BCUT2D eigenvalue weighted by Gasteiger charge is -1.98. The van der Waals surface area contributed by atoms with E-state index in [1.165, 1.54) is 6.07 Å². The molecule has 0 aromatic carbocycles. The highest BCUT2D eigenvalue weighted by molar-refractivity contribution is 9.09. The SMILES string of the molecule is Cc1nc(CCBr)ccc1F. The highest BCUT2D eigenvalue weighted by atomic mass is 79.9. The summed E-state index contributed by atoms with van der Waals surface area (Å²) >= 11 is 3.30. The van der Waals surface area contributed by atoms with Gasteiger partial charge in [-0.05, 0) is 25.5 Å². The van der Waals surface area contributed by atoms with E-state index in [0.29, 0.717) is 5.69 Å². The van der Waals surface area contributed by atoms with Gasteiger partial charge in [-0.3, -0.25) is 4.98 Å². The monoisotopic (exact) mass is 217 g/mol. The van der Waals surface area contributed by atoms with Crippen molar-refractivity contribution in [1.29, 1.82) is 0 Å². The van der Waals surface area contributed by atoms with Crippen molar-refractivity contribution in [3.05, 3.63) is 29.3 Å². The van der Waals surface area contributed by atoms with Crippen molar-refractivity contribution < 1.29 is 4.39 Å². The van der Waals surface area contributed by atoms with E-state index in [0.717, 1.165) is 17.4 Å². The van der Waals surface area contributed by atoms with Crippen molar-refractivity contribution in [2.24, 2.45) is 0 Å². The van der Waals surface area contributed by atoms with Gasteiger partial charge in [-0.2, -0.15) is 0 Å². The van der Waals surface area contributed by atoms with Crippen LogP contribution in [-0.4, -0.2) is 10.3 Å². The van der Waals surface area contributed by atoms with Gasteiger partial charge in [-0.1, -0.05) is 15.9 Å². The first-order valence-electron chi connectivity index (χ1n) is 3.42. The molecule has 0 radical (unpaired) electrons. The summed E-state index contributed by atoms with van der Waals surface area (Å²) in [6.07, 6.45) is 0.848. The largest absolute Gasteiger partial charge is 0.255 e. The molecule has 1 aromatic rings. The Labute approximate surface area is 73.8 Å². The molecule has 1 aromatic heterocycles. The van der Waals surface area contributed by atoms with Gasteiger partial charge in [0.2, 0.25) is 0 Å². The van der Waals surface area contributed by atoms with Gasteiger partial charge >= 0.3 is 0 Å². The van der Waals surface area contributed by atoms with E-state index >= 15 is 0 Å². The van der Waals surface area contributed by atoms with E-state index in [9.17, 15) is 4.39 Å². The number of aromatic nitrogens is 1. The molecule has 0 unspecified atom stereocenters. The van der Waals surface area contributed by atoms with Crippen LogP contribution in [0.4, 0.5) is 4.39 Å². The van der Waals surface area contributed by atoms with Gasteiger partial charge in [0.1, 0.15) is 5.82 Å². The molecule has 0 amide bonds. The Morgan fingerprint density at radius 3 is 2.82 bits per heavy atom. The number of hydrogen-bond acceptors (Lipinski definition) is 1. The Balaban J connectivity index is 2.86. The second kappa shape index (κ2) is 3.81. The number of rotatable bonds is 2. The van der Waals surface area contributed by atoms with Crippen LogP contribution in [0.2, 0.25) is 0 Å². The van der Waals surface area contributed by atoms with Crippen molar-refractivity contribution in [3.63, 3.8) is 0 Å². The molecule has 0 spiro atoms. The summed E-state index contributed by atoms with van der Waals surface area (Å²) < 4.78 is 12.7. The van der Waals surface area contributed by atoms with Gasteiger partial charge in [0.15, 0.2) is 0 Å². The molecule has 0 atom stereocenters. The fourth-order valence-electron chi connectivity index (χ4n) is 0.832. The second-order valence-corrected chi connectivity index (χ2v) is 3.10. The summed E-state index contributed by atoms with van der Waals surface area (Å²) in [5.41, 5.74) is 1.41. The number of nitrogens with zero attached hydrogens (tertiary/aromatic N) is 1. The summed E-state index contributed by atoms with van der Waals surface area (Å²) in [5.74, 6) is -0.233. The molecule has 0 aliphatic heterocycles. The van der Waals surface area contributed by atoms with Crippen molar-refractivity contribution >= 4 is 15.9 Å². The molecule has 0 N–H and O–H groups in total. The molecular weight excluding hydrogens is 209 g/mol. The molecular formula is C8H9BrFN. The van der Waals surface area contributed by atoms with Crippen molar-refractivity contribution in [3.8, 4) is 0 Å². The Kier molecular flexibility index (Phi) is 3.00. The van der Waals surface area contributed by atoms with Crippen molar-refractivity contribution in [2.75, 3.05) is 5.33 Å². The molecule has 0 aliphatic carbocycles. The fourth-order valence-corrected chi connectivity index (χ4v) is 1.24. The van der Waals surface area contributed by atoms with E-state index in [2.05, 4.69) is 20.9 Å². The number of hydrogen-bond donors (Lipinski definition) is 0. The van der Waals surface area contributed by atoms with Gasteiger partial charge < -0.3 is 0 Å². The van der Waals surface area contributed by atoms with Gasteiger partial charge in [0, 0.05) is 11.0 Å². The number of pyridine rings is 1. The standard InChI is InChI=1S/C8H9BrFN/c1-6-8(10)3-2-7(11-6)4-5-9/h2-3H,4-5H2,1H3. The first kappa shape index (κ1) is 8.65. The predicted molar refractivity (Wildman–Crippen MR) is 46.4 cm³/mol. The van der Waals surface area contributed by atoms with Gasteiger partial charge in [0.25, 0.3) is 0 Å². The Bertz CT molecular complexity index is 250. The minimum Gasteiger partial charge on any atom is -0.255 e. The molecule has 11 heavy (non-hydrogen) atoms. The number of halogens is 2. The topological polar surface area (TPSA) is 12.9 Å². The van der Waals surface area contributed by atoms with E-state index in [-0.39, 0.29) is 5.82 Å². The lowest BCUT2D eigenvalue weighted by molar-refractivity contribution is 0.607. The Morgan fingerprint density at radius 2 is 2.27 bits per heavy atom. The quantitative estimate of drug-likeness (QED) is 0.695. The normalized spacial score (nSPS) is 10.1. The van der Waals surface area contributed by atoms with E-state index in [1.807, 2.05) is 0 Å². The molecule has 1 heterocycles. The Morgan fingerprint density at radius 1 is 1.55 bits per heavy atom. The first-order valence-corrected chi connectivity index (χ1v) is 4.54. The number of aryl methyl sites for hydroxylation is 2. The van der Waals surface area contributed by atoms with Crippen LogP contribution in [0.25, 0.3) is 0 Å². The lowest BCUT2D eigenvalue weighted by Crippen LogP contribution is -1.95. The zero-order valence-corrected chi connectivity index (χ0v) is 7.86. The third-order valence-corrected chi connectivity index (χ3v) is 1.83. The maximum absolute atomic E-state index is 12.7. The smallest absolute Gasteiger partial charge is 0.144 e. The molecule has 3 heteroatoms. The minimum atomic E-state index is -0.233. The van der Waals surface area contributed by atoms with Crippen LogP contribution < -0.4 is 0 Å². The fraction of sp³-hybridized carbons (Fsp3) is 0.375. The average Bonchev–Trinajstić information content (AvgIpc) is 1.98. The highest BCUT2D eigenvalue weighted by Crippen LogP contribution is 2.05. The summed E-state index contributed by atoms with van der Waals surface area (Å²) in [5, 5.41) is 0.866. The van der Waals surface area contributed by atoms with E-state index < -0.39 is 0 Å². The third kappa shape index (κ3) is 2.26. The van der Waals surface area contributed by atoms with Gasteiger partial charge in [0.05, 0.1) is 5.69 Å². The maximum Gasteiger partial charge on any atom is 0.144 e. The van der Waals surface area contributed by atoms with Crippen LogP contribution in [-0.2, 0) is 6.42 Å². The molecule has 0 bridgehead atoms. The van der Waals surface area contributed by atoms with Crippen LogP contribution in [0.15, 0.2) is 12.1 Å². The minimum absolute atomic E-state index is 0.233. The van der Waals surface area contributed by atoms with Gasteiger partial charge in [-0.25, -0.2) is 4.39 Å².